The number of anilines is 1. The van der Waals surface area contributed by atoms with Crippen molar-refractivity contribution in [1.82, 2.24) is 19.9 Å². The normalized spacial score (nSPS) is 17.7. The molecule has 0 aromatic carbocycles. The third-order valence-electron chi connectivity index (χ3n) is 4.09. The minimum absolute atomic E-state index is 0.139. The molecule has 1 aliphatic heterocycles. The van der Waals surface area contributed by atoms with Crippen LogP contribution in [0.3, 0.4) is 0 Å². The Labute approximate surface area is 140 Å². The van der Waals surface area contributed by atoms with E-state index in [0.29, 0.717) is 37.6 Å². The fourth-order valence-electron chi connectivity index (χ4n) is 2.80. The molecule has 3 rings (SSSR count). The molecule has 0 radical (unpaired) electrons. The van der Waals surface area contributed by atoms with E-state index in [9.17, 15) is 4.79 Å². The molecule has 0 unspecified atom stereocenters. The summed E-state index contributed by atoms with van der Waals surface area (Å²) in [5, 5.41) is 0. The highest BCUT2D eigenvalue weighted by Gasteiger charge is 2.27. The third-order valence-corrected chi connectivity index (χ3v) is 4.09. The van der Waals surface area contributed by atoms with Crippen LogP contribution >= 0.6 is 0 Å². The first-order valence-electron chi connectivity index (χ1n) is 8.08. The number of nitrogen functional groups attached to an aromatic ring is 1. The first kappa shape index (κ1) is 16.3. The van der Waals surface area contributed by atoms with Crippen LogP contribution in [0.5, 0.6) is 0 Å². The lowest BCUT2D eigenvalue weighted by atomic mass is 10.1. The van der Waals surface area contributed by atoms with Crippen LogP contribution in [0.15, 0.2) is 36.9 Å². The van der Waals surface area contributed by atoms with Gasteiger partial charge in [0, 0.05) is 37.8 Å². The second-order valence-electron chi connectivity index (χ2n) is 5.74. The minimum Gasteiger partial charge on any atom is -0.382 e. The standard InChI is InChI=1S/C17H21N5O2/c18-17-16(20-8-9-21-17)14-12-22(10-11-24-14)15(23)3-1-2-13-4-6-19-7-5-13/h4-9,14H,1-3,10-12H2,(H2,18,21)/t14-/m0/s1. The molecule has 2 aromatic heterocycles. The van der Waals surface area contributed by atoms with Gasteiger partial charge in [0.1, 0.15) is 17.6 Å². The molecule has 1 amide bonds. The molecule has 0 bridgehead atoms. The fraction of sp³-hybridized carbons (Fsp3) is 0.412. The zero-order valence-electron chi connectivity index (χ0n) is 13.5. The van der Waals surface area contributed by atoms with E-state index in [1.165, 1.54) is 5.56 Å². The number of carbonyl (C=O) groups is 1. The number of aryl methyl sites for hydroxylation is 1. The summed E-state index contributed by atoms with van der Waals surface area (Å²) in [6.07, 6.45) is 8.58. The summed E-state index contributed by atoms with van der Waals surface area (Å²) in [7, 11) is 0. The van der Waals surface area contributed by atoms with Gasteiger partial charge in [-0.15, -0.1) is 0 Å². The summed E-state index contributed by atoms with van der Waals surface area (Å²) in [6, 6.07) is 3.96. The van der Waals surface area contributed by atoms with Crippen LogP contribution in [-0.2, 0) is 16.0 Å². The number of rotatable bonds is 5. The monoisotopic (exact) mass is 327 g/mol. The van der Waals surface area contributed by atoms with Gasteiger partial charge >= 0.3 is 0 Å². The van der Waals surface area contributed by atoms with E-state index in [2.05, 4.69) is 15.0 Å². The Hall–Kier alpha value is -2.54. The van der Waals surface area contributed by atoms with Crippen molar-refractivity contribution < 1.29 is 9.53 Å². The topological polar surface area (TPSA) is 94.2 Å². The van der Waals surface area contributed by atoms with Crippen LogP contribution in [0.25, 0.3) is 0 Å². The lowest BCUT2D eigenvalue weighted by Crippen LogP contribution is -2.42. The van der Waals surface area contributed by atoms with Crippen molar-refractivity contribution in [1.29, 1.82) is 0 Å². The van der Waals surface area contributed by atoms with Crippen LogP contribution in [0.4, 0.5) is 5.82 Å². The van der Waals surface area contributed by atoms with Crippen LogP contribution in [-0.4, -0.2) is 45.5 Å². The Morgan fingerprint density at radius 3 is 2.83 bits per heavy atom. The molecular weight excluding hydrogens is 306 g/mol. The number of pyridine rings is 1. The smallest absolute Gasteiger partial charge is 0.222 e. The number of hydrogen-bond donors (Lipinski definition) is 1. The molecule has 126 valence electrons. The van der Waals surface area contributed by atoms with Gasteiger partial charge in [-0.25, -0.2) is 4.98 Å². The van der Waals surface area contributed by atoms with E-state index < -0.39 is 0 Å². The highest BCUT2D eigenvalue weighted by Crippen LogP contribution is 2.24. The summed E-state index contributed by atoms with van der Waals surface area (Å²) < 4.78 is 5.72. The van der Waals surface area contributed by atoms with E-state index in [1.807, 2.05) is 17.0 Å². The van der Waals surface area contributed by atoms with Gasteiger partial charge in [-0.2, -0.15) is 0 Å². The maximum atomic E-state index is 12.4. The van der Waals surface area contributed by atoms with E-state index in [-0.39, 0.29) is 12.0 Å². The van der Waals surface area contributed by atoms with Gasteiger partial charge < -0.3 is 15.4 Å². The number of nitrogens with zero attached hydrogens (tertiary/aromatic N) is 4. The Balaban J connectivity index is 1.52. The van der Waals surface area contributed by atoms with Crippen LogP contribution < -0.4 is 5.73 Å². The Morgan fingerprint density at radius 1 is 1.25 bits per heavy atom. The molecule has 0 spiro atoms. The number of morpholine rings is 1. The summed E-state index contributed by atoms with van der Waals surface area (Å²) in [4.78, 5) is 26.5. The van der Waals surface area contributed by atoms with Crippen molar-refractivity contribution in [2.24, 2.45) is 0 Å². The van der Waals surface area contributed by atoms with E-state index in [4.69, 9.17) is 10.5 Å². The minimum atomic E-state index is -0.309. The SMILES string of the molecule is Nc1nccnc1[C@@H]1CN(C(=O)CCCc2ccncc2)CCO1. The lowest BCUT2D eigenvalue weighted by molar-refractivity contribution is -0.139. The number of carbonyl (C=O) groups excluding carboxylic acids is 1. The van der Waals surface area contributed by atoms with E-state index >= 15 is 0 Å². The molecule has 7 nitrogen and oxygen atoms in total. The number of hydrogen-bond acceptors (Lipinski definition) is 6. The zero-order valence-corrected chi connectivity index (χ0v) is 13.5. The van der Waals surface area contributed by atoms with Crippen LogP contribution in [0.1, 0.15) is 30.2 Å². The third kappa shape index (κ3) is 4.05. The molecule has 2 aromatic rings. The molecule has 1 aliphatic rings. The predicted molar refractivity (Wildman–Crippen MR) is 88.9 cm³/mol. The summed E-state index contributed by atoms with van der Waals surface area (Å²) in [6.45, 7) is 1.55. The zero-order chi connectivity index (χ0) is 16.8. The Bertz CT molecular complexity index is 680. The molecule has 3 heterocycles. The second kappa shape index (κ2) is 7.83. The quantitative estimate of drug-likeness (QED) is 0.891. The van der Waals surface area contributed by atoms with E-state index in [0.717, 1.165) is 12.8 Å². The average molecular weight is 327 g/mol. The van der Waals surface area contributed by atoms with Gasteiger partial charge in [0.05, 0.1) is 13.2 Å². The lowest BCUT2D eigenvalue weighted by Gasteiger charge is -2.33. The Morgan fingerprint density at radius 2 is 2.04 bits per heavy atom. The number of nitrogens with two attached hydrogens (primary N) is 1. The first-order chi connectivity index (χ1) is 11.7. The van der Waals surface area contributed by atoms with Crippen molar-refractivity contribution in [2.75, 3.05) is 25.4 Å². The molecule has 1 saturated heterocycles. The van der Waals surface area contributed by atoms with Crippen molar-refractivity contribution in [3.05, 3.63) is 48.2 Å². The first-order valence-corrected chi connectivity index (χ1v) is 8.08. The van der Waals surface area contributed by atoms with Gasteiger partial charge in [0.2, 0.25) is 5.91 Å². The van der Waals surface area contributed by atoms with Gasteiger partial charge in [0.25, 0.3) is 0 Å². The predicted octanol–water partition coefficient (Wildman–Crippen LogP) is 1.38. The van der Waals surface area contributed by atoms with Crippen molar-refractivity contribution >= 4 is 11.7 Å². The largest absolute Gasteiger partial charge is 0.382 e. The highest BCUT2D eigenvalue weighted by atomic mass is 16.5. The highest BCUT2D eigenvalue weighted by molar-refractivity contribution is 5.76. The molecule has 7 heteroatoms. The number of amides is 1. The van der Waals surface area contributed by atoms with E-state index in [1.54, 1.807) is 24.8 Å². The van der Waals surface area contributed by atoms with Gasteiger partial charge in [0.15, 0.2) is 0 Å². The Kier molecular flexibility index (Phi) is 5.32. The van der Waals surface area contributed by atoms with Crippen LogP contribution in [0.2, 0.25) is 0 Å². The van der Waals surface area contributed by atoms with Gasteiger partial charge in [-0.3, -0.25) is 14.8 Å². The average Bonchev–Trinajstić information content (AvgIpc) is 2.63. The van der Waals surface area contributed by atoms with Gasteiger partial charge in [-0.05, 0) is 30.5 Å². The fourth-order valence-corrected chi connectivity index (χ4v) is 2.80. The molecule has 24 heavy (non-hydrogen) atoms. The number of aromatic nitrogens is 3. The van der Waals surface area contributed by atoms with Crippen molar-refractivity contribution in [3.8, 4) is 0 Å². The molecule has 1 fully saturated rings. The van der Waals surface area contributed by atoms with Crippen LogP contribution in [0, 0.1) is 0 Å². The maximum absolute atomic E-state index is 12.4. The van der Waals surface area contributed by atoms with Crippen molar-refractivity contribution in [3.63, 3.8) is 0 Å². The molecule has 1 atom stereocenters. The van der Waals surface area contributed by atoms with Gasteiger partial charge in [-0.1, -0.05) is 0 Å². The maximum Gasteiger partial charge on any atom is 0.222 e. The molecule has 0 saturated carbocycles. The van der Waals surface area contributed by atoms with Crippen molar-refractivity contribution in [2.45, 2.75) is 25.4 Å². The molecular formula is C17H21N5O2. The summed E-state index contributed by atoms with van der Waals surface area (Å²) in [5.74, 6) is 0.495. The molecule has 2 N–H and O–H groups in total. The number of ether oxygens (including phenoxy) is 1. The second-order valence-corrected chi connectivity index (χ2v) is 5.74. The molecule has 0 aliphatic carbocycles. The summed E-state index contributed by atoms with van der Waals surface area (Å²) in [5.41, 5.74) is 7.66. The summed E-state index contributed by atoms with van der Waals surface area (Å²) >= 11 is 0.